The molecule has 114 valence electrons. The molecular formula is C10H20O2S7. The minimum atomic E-state index is 0.183. The number of thioether (sulfide) groups is 7. The molecule has 0 aromatic carbocycles. The molecule has 0 aliphatic carbocycles. The first-order valence-electron chi connectivity index (χ1n) is 5.45. The molecule has 0 spiro atoms. The summed E-state index contributed by atoms with van der Waals surface area (Å²) in [5.74, 6) is 2.67. The lowest BCUT2D eigenvalue weighted by Crippen LogP contribution is -1.98. The maximum absolute atomic E-state index is 11.5. The summed E-state index contributed by atoms with van der Waals surface area (Å²) in [6.45, 7) is 0. The van der Waals surface area contributed by atoms with Gasteiger partial charge in [-0.25, -0.2) is 0 Å². The van der Waals surface area contributed by atoms with Crippen LogP contribution < -0.4 is 0 Å². The second-order valence-electron chi connectivity index (χ2n) is 2.98. The Balaban J connectivity index is 3.13. The van der Waals surface area contributed by atoms with Crippen molar-refractivity contribution >= 4 is 87.4 Å². The van der Waals surface area contributed by atoms with Crippen LogP contribution in [0.2, 0.25) is 0 Å². The molecule has 1 N–H and O–H groups in total. The number of aliphatic hydroxyl groups excluding tert-OH is 1. The summed E-state index contributed by atoms with van der Waals surface area (Å²) in [4.78, 5) is 11.5. The Hall–Kier alpha value is 2.08. The molecule has 0 aliphatic rings. The predicted octanol–water partition coefficient (Wildman–Crippen LogP) is 4.06. The number of hydrogen-bond donors (Lipinski definition) is 1. The van der Waals surface area contributed by atoms with Gasteiger partial charge in [0.25, 0.3) is 0 Å². The highest BCUT2D eigenvalue weighted by atomic mass is 32.2. The average Bonchev–Trinajstić information content (AvgIpc) is 2.41. The van der Waals surface area contributed by atoms with E-state index >= 15 is 0 Å². The molecule has 0 aliphatic heterocycles. The van der Waals surface area contributed by atoms with Gasteiger partial charge in [-0.05, 0) is 6.26 Å². The number of carbonyl (C=O) groups is 1. The molecule has 0 radical (unpaired) electrons. The first-order valence-corrected chi connectivity index (χ1v) is 13.6. The van der Waals surface area contributed by atoms with Gasteiger partial charge in [0, 0.05) is 31.8 Å². The largest absolute Gasteiger partial charge is 0.386 e. The van der Waals surface area contributed by atoms with E-state index in [1.165, 1.54) is 23.5 Å². The highest BCUT2D eigenvalue weighted by Crippen LogP contribution is 2.21. The SMILES string of the molecule is CSCSCSCSCC(=O)SCCSCSCO. The fourth-order valence-corrected chi connectivity index (χ4v) is 7.54. The van der Waals surface area contributed by atoms with Crippen LogP contribution in [0, 0.1) is 0 Å². The Morgan fingerprint density at radius 1 is 0.895 bits per heavy atom. The quantitative estimate of drug-likeness (QED) is 0.345. The second kappa shape index (κ2) is 18.1. The third kappa shape index (κ3) is 18.0. The molecule has 0 heterocycles. The van der Waals surface area contributed by atoms with Gasteiger partial charge in [-0.3, -0.25) is 4.79 Å². The Morgan fingerprint density at radius 2 is 1.58 bits per heavy atom. The van der Waals surface area contributed by atoms with E-state index in [1.807, 2.05) is 35.3 Å². The van der Waals surface area contributed by atoms with E-state index in [4.69, 9.17) is 5.11 Å². The van der Waals surface area contributed by atoms with Crippen molar-refractivity contribution < 1.29 is 9.90 Å². The Kier molecular flexibility index (Phi) is 20.1. The molecule has 0 aromatic heterocycles. The molecule has 0 saturated heterocycles. The summed E-state index contributed by atoms with van der Waals surface area (Å²) in [5, 5.41) is 13.1. The van der Waals surface area contributed by atoms with Crippen LogP contribution in [0.25, 0.3) is 0 Å². The van der Waals surface area contributed by atoms with Crippen molar-refractivity contribution in [2.75, 3.05) is 49.8 Å². The van der Waals surface area contributed by atoms with Gasteiger partial charge in [0.2, 0.25) is 0 Å². The topological polar surface area (TPSA) is 37.3 Å². The molecule has 0 unspecified atom stereocenters. The molecule has 19 heavy (non-hydrogen) atoms. The fraction of sp³-hybridized carbons (Fsp3) is 0.900. The van der Waals surface area contributed by atoms with Crippen LogP contribution in [0.5, 0.6) is 0 Å². The van der Waals surface area contributed by atoms with E-state index in [-0.39, 0.29) is 11.1 Å². The number of hydrogen-bond acceptors (Lipinski definition) is 9. The Labute approximate surface area is 146 Å². The van der Waals surface area contributed by atoms with E-state index in [2.05, 4.69) is 6.26 Å². The zero-order valence-corrected chi connectivity index (χ0v) is 16.6. The maximum atomic E-state index is 11.5. The molecule has 2 nitrogen and oxygen atoms in total. The van der Waals surface area contributed by atoms with E-state index in [1.54, 1.807) is 23.5 Å². The van der Waals surface area contributed by atoms with Crippen molar-refractivity contribution in [3.63, 3.8) is 0 Å². The Morgan fingerprint density at radius 3 is 2.32 bits per heavy atom. The van der Waals surface area contributed by atoms with Crippen molar-refractivity contribution in [1.82, 2.24) is 0 Å². The monoisotopic (exact) mass is 396 g/mol. The van der Waals surface area contributed by atoms with Gasteiger partial charge < -0.3 is 5.11 Å². The maximum Gasteiger partial charge on any atom is 0.198 e. The highest BCUT2D eigenvalue weighted by molar-refractivity contribution is 8.26. The summed E-state index contributed by atoms with van der Waals surface area (Å²) in [6.07, 6.45) is 2.11. The first-order chi connectivity index (χ1) is 9.31. The molecule has 0 amide bonds. The van der Waals surface area contributed by atoms with E-state index < -0.39 is 0 Å². The van der Waals surface area contributed by atoms with Crippen LogP contribution in [-0.2, 0) is 4.79 Å². The van der Waals surface area contributed by atoms with E-state index in [9.17, 15) is 4.79 Å². The van der Waals surface area contributed by atoms with Crippen LogP contribution in [0.4, 0.5) is 0 Å². The van der Waals surface area contributed by atoms with Crippen molar-refractivity contribution in [3.8, 4) is 0 Å². The zero-order valence-electron chi connectivity index (χ0n) is 10.9. The lowest BCUT2D eigenvalue weighted by atomic mass is 10.9. The van der Waals surface area contributed by atoms with Crippen molar-refractivity contribution in [2.24, 2.45) is 0 Å². The summed E-state index contributed by atoms with van der Waals surface area (Å²) in [7, 11) is 0. The average molecular weight is 397 g/mol. The fourth-order valence-electron chi connectivity index (χ4n) is 0.805. The number of rotatable bonds is 14. The third-order valence-corrected chi connectivity index (χ3v) is 9.57. The molecule has 0 bridgehead atoms. The lowest BCUT2D eigenvalue weighted by molar-refractivity contribution is -0.108. The van der Waals surface area contributed by atoms with Gasteiger partial charge in [-0.1, -0.05) is 11.8 Å². The van der Waals surface area contributed by atoms with Crippen molar-refractivity contribution in [1.29, 1.82) is 0 Å². The first kappa shape index (κ1) is 21.1. The molecule has 0 fully saturated rings. The van der Waals surface area contributed by atoms with Crippen LogP contribution in [0.3, 0.4) is 0 Å². The van der Waals surface area contributed by atoms with Gasteiger partial charge in [0.1, 0.15) is 0 Å². The van der Waals surface area contributed by atoms with Crippen molar-refractivity contribution in [2.45, 2.75) is 0 Å². The van der Waals surface area contributed by atoms with Crippen molar-refractivity contribution in [3.05, 3.63) is 0 Å². The van der Waals surface area contributed by atoms with Crippen LogP contribution in [0.1, 0.15) is 0 Å². The smallest absolute Gasteiger partial charge is 0.198 e. The standard InChI is InChI=1S/C10H20O2S7/c1-13-6-17-9-18-8-15-4-10(12)19-3-2-14-7-16-5-11/h11H,2-9H2,1H3. The molecular weight excluding hydrogens is 377 g/mol. The van der Waals surface area contributed by atoms with Crippen LogP contribution in [0.15, 0.2) is 0 Å². The number of carbonyl (C=O) groups excluding carboxylic acids is 1. The van der Waals surface area contributed by atoms with Crippen LogP contribution >= 0.6 is 82.3 Å². The molecule has 0 aromatic rings. The van der Waals surface area contributed by atoms with Gasteiger partial charge in [0.05, 0.1) is 11.7 Å². The molecule has 0 saturated carbocycles. The van der Waals surface area contributed by atoms with Crippen LogP contribution in [-0.4, -0.2) is 60.0 Å². The van der Waals surface area contributed by atoms with Gasteiger partial charge >= 0.3 is 0 Å². The predicted molar refractivity (Wildman–Crippen MR) is 105 cm³/mol. The lowest BCUT2D eigenvalue weighted by Gasteiger charge is -2.02. The molecule has 9 heteroatoms. The summed E-state index contributed by atoms with van der Waals surface area (Å²) in [6, 6.07) is 0. The summed E-state index contributed by atoms with van der Waals surface area (Å²) < 4.78 is 0. The third-order valence-electron chi connectivity index (χ3n) is 1.50. The van der Waals surface area contributed by atoms with E-state index in [0.717, 1.165) is 31.8 Å². The Bertz CT molecular complexity index is 206. The summed E-state index contributed by atoms with van der Waals surface area (Å²) >= 11 is 12.1. The minimum Gasteiger partial charge on any atom is -0.386 e. The molecule has 0 atom stereocenters. The summed E-state index contributed by atoms with van der Waals surface area (Å²) in [5.41, 5.74) is 0. The highest BCUT2D eigenvalue weighted by Gasteiger charge is 2.02. The minimum absolute atomic E-state index is 0.183. The van der Waals surface area contributed by atoms with Gasteiger partial charge in [-0.15, -0.1) is 47.0 Å². The second-order valence-corrected chi connectivity index (χ2v) is 11.5. The van der Waals surface area contributed by atoms with Gasteiger partial charge in [-0.2, -0.15) is 23.5 Å². The van der Waals surface area contributed by atoms with Gasteiger partial charge in [0.15, 0.2) is 5.12 Å². The normalized spacial score (nSPS) is 10.8. The van der Waals surface area contributed by atoms with E-state index in [0.29, 0.717) is 5.75 Å². The number of aliphatic hydroxyl groups is 1. The zero-order chi connectivity index (χ0) is 14.2. The molecule has 0 rings (SSSR count).